The van der Waals surface area contributed by atoms with Crippen LogP contribution in [0.3, 0.4) is 0 Å². The van der Waals surface area contributed by atoms with Crippen LogP contribution < -0.4 is 10.6 Å². The van der Waals surface area contributed by atoms with Gasteiger partial charge in [-0.2, -0.15) is 0 Å². The Labute approximate surface area is 147 Å². The number of carbonyl (C=O) groups excluding carboxylic acids is 1. The monoisotopic (exact) mass is 362 g/mol. The Hall–Kier alpha value is -2.38. The molecule has 2 aromatic rings. The summed E-state index contributed by atoms with van der Waals surface area (Å²) >= 11 is 0. The molecule has 0 bridgehead atoms. The number of rotatable bonds is 7. The summed E-state index contributed by atoms with van der Waals surface area (Å²) in [6, 6.07) is 13.5. The van der Waals surface area contributed by atoms with Crippen molar-refractivity contribution in [3.63, 3.8) is 0 Å². The number of amides is 2. The molecule has 6 nitrogen and oxygen atoms in total. The second kappa shape index (κ2) is 8.64. The molecule has 0 saturated heterocycles. The maximum Gasteiger partial charge on any atom is 0.319 e. The van der Waals surface area contributed by atoms with Crippen LogP contribution in [0.4, 0.5) is 10.5 Å². The zero-order chi connectivity index (χ0) is 18.3. The summed E-state index contributed by atoms with van der Waals surface area (Å²) in [6.45, 7) is 1.91. The number of aryl methyl sites for hydroxylation is 1. The zero-order valence-electron chi connectivity index (χ0n) is 14.0. The third kappa shape index (κ3) is 5.58. The van der Waals surface area contributed by atoms with Crippen molar-refractivity contribution < 1.29 is 18.3 Å². The normalized spacial score (nSPS) is 11.1. The lowest BCUT2D eigenvalue weighted by Gasteiger charge is -2.09. The minimum absolute atomic E-state index is 0.158. The molecule has 0 aromatic heterocycles. The van der Waals surface area contributed by atoms with Crippen molar-refractivity contribution in [3.8, 4) is 0 Å². The fourth-order valence-electron chi connectivity index (χ4n) is 2.28. The second-order valence-corrected chi connectivity index (χ2v) is 7.66. The Balaban J connectivity index is 1.91. The number of sulfone groups is 1. The molecule has 0 aliphatic rings. The predicted molar refractivity (Wildman–Crippen MR) is 97.3 cm³/mol. The standard InChI is InChI=1S/C18H22N2O4S/c1-2-14-4-3-5-16(12-14)20-18(22)19-13-15-6-8-17(9-7-15)25(23,24)11-10-21/h3-9,12,21H,2,10-11,13H2,1H3,(H2,19,20,22). The molecule has 7 heteroatoms. The molecule has 2 aromatic carbocycles. The molecule has 0 aliphatic heterocycles. The van der Waals surface area contributed by atoms with Gasteiger partial charge in [0.1, 0.15) is 0 Å². The third-order valence-electron chi connectivity index (χ3n) is 3.69. The van der Waals surface area contributed by atoms with E-state index in [-0.39, 0.29) is 23.2 Å². The maximum absolute atomic E-state index is 12.0. The molecule has 0 atom stereocenters. The summed E-state index contributed by atoms with van der Waals surface area (Å²) < 4.78 is 23.7. The van der Waals surface area contributed by atoms with Gasteiger partial charge in [-0.1, -0.05) is 31.2 Å². The SMILES string of the molecule is CCc1cccc(NC(=O)NCc2ccc(S(=O)(=O)CCO)cc2)c1. The van der Waals surface area contributed by atoms with Crippen LogP contribution in [0.25, 0.3) is 0 Å². The van der Waals surface area contributed by atoms with Gasteiger partial charge in [0.2, 0.25) is 0 Å². The molecule has 3 N–H and O–H groups in total. The molecule has 0 heterocycles. The first-order chi connectivity index (χ1) is 11.9. The fraction of sp³-hybridized carbons (Fsp3) is 0.278. The Morgan fingerprint density at radius 3 is 2.44 bits per heavy atom. The first kappa shape index (κ1) is 19.0. The van der Waals surface area contributed by atoms with Gasteiger partial charge >= 0.3 is 6.03 Å². The Kier molecular flexibility index (Phi) is 6.55. The van der Waals surface area contributed by atoms with Crippen molar-refractivity contribution in [2.24, 2.45) is 0 Å². The lowest BCUT2D eigenvalue weighted by atomic mass is 10.1. The molecule has 0 fully saturated rings. The van der Waals surface area contributed by atoms with E-state index in [0.29, 0.717) is 0 Å². The molecular formula is C18H22N2O4S. The zero-order valence-corrected chi connectivity index (χ0v) is 14.8. The highest BCUT2D eigenvalue weighted by Gasteiger charge is 2.13. The van der Waals surface area contributed by atoms with Gasteiger partial charge in [-0.25, -0.2) is 13.2 Å². The van der Waals surface area contributed by atoms with Gasteiger partial charge in [0.15, 0.2) is 9.84 Å². The smallest absolute Gasteiger partial charge is 0.319 e. The van der Waals surface area contributed by atoms with Crippen LogP contribution in [0.1, 0.15) is 18.1 Å². The third-order valence-corrected chi connectivity index (χ3v) is 5.40. The van der Waals surface area contributed by atoms with Crippen molar-refractivity contribution in [3.05, 3.63) is 59.7 Å². The van der Waals surface area contributed by atoms with Crippen LogP contribution in [-0.2, 0) is 22.8 Å². The van der Waals surface area contributed by atoms with E-state index in [1.165, 1.54) is 12.1 Å². The van der Waals surface area contributed by atoms with Crippen LogP contribution in [-0.4, -0.2) is 31.9 Å². The summed E-state index contributed by atoms with van der Waals surface area (Å²) in [6.07, 6.45) is 0.892. The number of aliphatic hydroxyl groups excluding tert-OH is 1. The van der Waals surface area contributed by atoms with Crippen LogP contribution >= 0.6 is 0 Å². The summed E-state index contributed by atoms with van der Waals surface area (Å²) in [4.78, 5) is 12.1. The van der Waals surface area contributed by atoms with E-state index < -0.39 is 16.4 Å². The first-order valence-electron chi connectivity index (χ1n) is 8.01. The lowest BCUT2D eigenvalue weighted by Crippen LogP contribution is -2.28. The maximum atomic E-state index is 12.0. The van der Waals surface area contributed by atoms with Gasteiger partial charge in [-0.3, -0.25) is 0 Å². The number of hydrogen-bond donors (Lipinski definition) is 3. The van der Waals surface area contributed by atoms with Gasteiger partial charge in [-0.15, -0.1) is 0 Å². The average Bonchev–Trinajstić information content (AvgIpc) is 2.60. The fourth-order valence-corrected chi connectivity index (χ4v) is 3.31. The van der Waals surface area contributed by atoms with Crippen LogP contribution in [0.5, 0.6) is 0 Å². The van der Waals surface area contributed by atoms with Crippen molar-refractivity contribution in [1.82, 2.24) is 5.32 Å². The number of carbonyl (C=O) groups is 1. The molecular weight excluding hydrogens is 340 g/mol. The Morgan fingerprint density at radius 1 is 1.08 bits per heavy atom. The largest absolute Gasteiger partial charge is 0.395 e. The molecule has 2 rings (SSSR count). The Bertz CT molecular complexity index is 817. The van der Waals surface area contributed by atoms with Gasteiger partial charge in [0, 0.05) is 12.2 Å². The average molecular weight is 362 g/mol. The first-order valence-corrected chi connectivity index (χ1v) is 9.66. The van der Waals surface area contributed by atoms with E-state index in [0.717, 1.165) is 23.2 Å². The number of aliphatic hydroxyl groups is 1. The summed E-state index contributed by atoms with van der Waals surface area (Å²) in [7, 11) is -3.46. The van der Waals surface area contributed by atoms with Crippen LogP contribution in [0.15, 0.2) is 53.4 Å². The van der Waals surface area contributed by atoms with E-state index >= 15 is 0 Å². The lowest BCUT2D eigenvalue weighted by molar-refractivity contribution is 0.251. The Morgan fingerprint density at radius 2 is 1.80 bits per heavy atom. The summed E-state index contributed by atoms with van der Waals surface area (Å²) in [5, 5.41) is 14.3. The van der Waals surface area contributed by atoms with Crippen molar-refractivity contribution >= 4 is 21.6 Å². The summed E-state index contributed by atoms with van der Waals surface area (Å²) in [5.41, 5.74) is 2.64. The van der Waals surface area contributed by atoms with Crippen LogP contribution in [0.2, 0.25) is 0 Å². The number of hydrogen-bond acceptors (Lipinski definition) is 4. The van der Waals surface area contributed by atoms with E-state index in [2.05, 4.69) is 10.6 Å². The molecule has 0 unspecified atom stereocenters. The molecule has 0 spiro atoms. The minimum atomic E-state index is -3.46. The van der Waals surface area contributed by atoms with E-state index in [1.807, 2.05) is 31.2 Å². The van der Waals surface area contributed by atoms with Gasteiger partial charge in [0.05, 0.1) is 17.3 Å². The van der Waals surface area contributed by atoms with Gasteiger partial charge < -0.3 is 15.7 Å². The highest BCUT2D eigenvalue weighted by molar-refractivity contribution is 7.91. The van der Waals surface area contributed by atoms with Crippen molar-refractivity contribution in [1.29, 1.82) is 0 Å². The number of anilines is 1. The highest BCUT2D eigenvalue weighted by atomic mass is 32.2. The highest BCUT2D eigenvalue weighted by Crippen LogP contribution is 2.13. The van der Waals surface area contributed by atoms with E-state index in [4.69, 9.17) is 5.11 Å². The number of urea groups is 1. The molecule has 2 amide bonds. The number of benzene rings is 2. The molecule has 134 valence electrons. The molecule has 25 heavy (non-hydrogen) atoms. The molecule has 0 radical (unpaired) electrons. The van der Waals surface area contributed by atoms with E-state index in [1.54, 1.807) is 12.1 Å². The molecule has 0 saturated carbocycles. The number of nitrogens with one attached hydrogen (secondary N) is 2. The van der Waals surface area contributed by atoms with Crippen LogP contribution in [0, 0.1) is 0 Å². The summed E-state index contributed by atoms with van der Waals surface area (Å²) in [5.74, 6) is -0.302. The van der Waals surface area contributed by atoms with Gasteiger partial charge in [0.25, 0.3) is 0 Å². The molecule has 0 aliphatic carbocycles. The van der Waals surface area contributed by atoms with Gasteiger partial charge in [-0.05, 0) is 41.8 Å². The quantitative estimate of drug-likeness (QED) is 0.704. The van der Waals surface area contributed by atoms with E-state index in [9.17, 15) is 13.2 Å². The topological polar surface area (TPSA) is 95.5 Å². The second-order valence-electron chi connectivity index (χ2n) is 5.55. The predicted octanol–water partition coefficient (Wildman–Crippen LogP) is 2.34. The van der Waals surface area contributed by atoms with Crippen molar-refractivity contribution in [2.45, 2.75) is 24.8 Å². The minimum Gasteiger partial charge on any atom is -0.395 e. The van der Waals surface area contributed by atoms with Crippen molar-refractivity contribution in [2.75, 3.05) is 17.7 Å².